The average Bonchev–Trinajstić information content (AvgIpc) is 2.91. The van der Waals surface area contributed by atoms with Gasteiger partial charge in [0.15, 0.2) is 5.82 Å². The minimum absolute atomic E-state index is 0.0511. The van der Waals surface area contributed by atoms with Gasteiger partial charge in [-0.15, -0.1) is 0 Å². The molecule has 0 bridgehead atoms. The maximum atomic E-state index is 12.5. The number of carbonyl (C=O) groups is 1. The first-order valence-electron chi connectivity index (χ1n) is 6.45. The molecule has 2 aromatic heterocycles. The second-order valence-corrected chi connectivity index (χ2v) is 4.92. The Morgan fingerprint density at radius 3 is 2.45 bits per heavy atom. The summed E-state index contributed by atoms with van der Waals surface area (Å²) in [7, 11) is 1.25. The summed E-state index contributed by atoms with van der Waals surface area (Å²) in [5.41, 5.74) is -0.0894. The largest absolute Gasteiger partial charge is 0.465 e. The van der Waals surface area contributed by atoms with E-state index in [4.69, 9.17) is 0 Å². The predicted molar refractivity (Wildman–Crippen MR) is 71.8 cm³/mol. The quantitative estimate of drug-likeness (QED) is 0.817. The van der Waals surface area contributed by atoms with Crippen molar-refractivity contribution < 1.29 is 22.7 Å². The molecule has 118 valence electrons. The summed E-state index contributed by atoms with van der Waals surface area (Å²) >= 11 is 0. The summed E-state index contributed by atoms with van der Waals surface area (Å²) in [6.45, 7) is 3.69. The van der Waals surface area contributed by atoms with E-state index in [9.17, 15) is 18.0 Å². The van der Waals surface area contributed by atoms with Crippen LogP contribution in [0.25, 0.3) is 5.82 Å². The van der Waals surface area contributed by atoms with Gasteiger partial charge in [-0.3, -0.25) is 0 Å². The molecule has 2 heterocycles. The molecule has 0 aliphatic rings. The van der Waals surface area contributed by atoms with Crippen LogP contribution in [0.5, 0.6) is 0 Å². The number of hydrogen-bond donors (Lipinski definition) is 0. The van der Waals surface area contributed by atoms with Gasteiger partial charge in [0.05, 0.1) is 18.4 Å². The van der Waals surface area contributed by atoms with Crippen LogP contribution in [-0.2, 0) is 10.9 Å². The lowest BCUT2D eigenvalue weighted by Crippen LogP contribution is -2.07. The first kappa shape index (κ1) is 16.0. The second-order valence-electron chi connectivity index (χ2n) is 4.92. The number of nitrogens with zero attached hydrogens (tertiary/aromatic N) is 3. The van der Waals surface area contributed by atoms with E-state index in [2.05, 4.69) is 14.8 Å². The van der Waals surface area contributed by atoms with E-state index in [1.54, 1.807) is 0 Å². The SMILES string of the molecule is COC(=O)c1cn(-c2ccc(C(F)(F)F)cn2)nc1C(C)C. The molecule has 0 saturated heterocycles. The highest BCUT2D eigenvalue weighted by atomic mass is 19.4. The highest BCUT2D eigenvalue weighted by Crippen LogP contribution is 2.29. The van der Waals surface area contributed by atoms with Crippen molar-refractivity contribution in [3.05, 3.63) is 41.3 Å². The van der Waals surface area contributed by atoms with Gasteiger partial charge in [-0.05, 0) is 18.1 Å². The second kappa shape index (κ2) is 5.78. The Kier molecular flexibility index (Phi) is 4.20. The molecular weight excluding hydrogens is 299 g/mol. The molecule has 0 atom stereocenters. The molecule has 0 saturated carbocycles. The first-order valence-corrected chi connectivity index (χ1v) is 6.45. The van der Waals surface area contributed by atoms with Crippen molar-refractivity contribution in [1.82, 2.24) is 14.8 Å². The van der Waals surface area contributed by atoms with Crippen molar-refractivity contribution in [1.29, 1.82) is 0 Å². The Hall–Kier alpha value is -2.38. The van der Waals surface area contributed by atoms with Crippen LogP contribution in [0.4, 0.5) is 13.2 Å². The molecule has 5 nitrogen and oxygen atoms in total. The summed E-state index contributed by atoms with van der Waals surface area (Å²) in [5.74, 6) is -0.420. The van der Waals surface area contributed by atoms with E-state index >= 15 is 0 Å². The van der Waals surface area contributed by atoms with Crippen LogP contribution >= 0.6 is 0 Å². The minimum Gasteiger partial charge on any atom is -0.465 e. The Balaban J connectivity index is 2.43. The Bertz CT molecular complexity index is 676. The molecule has 0 aromatic carbocycles. The van der Waals surface area contributed by atoms with Gasteiger partial charge in [-0.2, -0.15) is 18.3 Å². The third-order valence-corrected chi connectivity index (χ3v) is 3.00. The van der Waals surface area contributed by atoms with Gasteiger partial charge in [0.1, 0.15) is 5.56 Å². The van der Waals surface area contributed by atoms with Gasteiger partial charge in [0.25, 0.3) is 0 Å². The number of pyridine rings is 1. The van der Waals surface area contributed by atoms with Crippen molar-refractivity contribution in [2.75, 3.05) is 7.11 Å². The summed E-state index contributed by atoms with van der Waals surface area (Å²) in [4.78, 5) is 15.5. The minimum atomic E-state index is -4.45. The molecule has 0 fully saturated rings. The van der Waals surface area contributed by atoms with E-state index in [-0.39, 0.29) is 17.3 Å². The summed E-state index contributed by atoms with van der Waals surface area (Å²) in [5, 5.41) is 4.21. The van der Waals surface area contributed by atoms with Crippen LogP contribution in [-0.4, -0.2) is 27.8 Å². The lowest BCUT2D eigenvalue weighted by atomic mass is 10.1. The molecule has 0 radical (unpaired) electrons. The number of methoxy groups -OCH3 is 1. The van der Waals surface area contributed by atoms with Crippen LogP contribution in [0.15, 0.2) is 24.5 Å². The van der Waals surface area contributed by atoms with Crippen LogP contribution in [0.3, 0.4) is 0 Å². The van der Waals surface area contributed by atoms with Gasteiger partial charge >= 0.3 is 12.1 Å². The molecule has 0 N–H and O–H groups in total. The number of esters is 1. The molecule has 22 heavy (non-hydrogen) atoms. The topological polar surface area (TPSA) is 57.0 Å². The lowest BCUT2D eigenvalue weighted by molar-refractivity contribution is -0.137. The molecule has 0 aliphatic carbocycles. The van der Waals surface area contributed by atoms with Gasteiger partial charge in [-0.1, -0.05) is 13.8 Å². The van der Waals surface area contributed by atoms with Gasteiger partial charge in [0, 0.05) is 12.4 Å². The Labute approximate surface area is 124 Å². The van der Waals surface area contributed by atoms with Crippen LogP contribution in [0, 0.1) is 0 Å². The Morgan fingerprint density at radius 2 is 2.00 bits per heavy atom. The molecule has 2 aromatic rings. The number of hydrogen-bond acceptors (Lipinski definition) is 4. The number of ether oxygens (including phenoxy) is 1. The van der Waals surface area contributed by atoms with Crippen molar-refractivity contribution in [2.45, 2.75) is 25.9 Å². The van der Waals surface area contributed by atoms with E-state index in [1.807, 2.05) is 13.8 Å². The third-order valence-electron chi connectivity index (χ3n) is 3.00. The van der Waals surface area contributed by atoms with E-state index in [1.165, 1.54) is 24.1 Å². The summed E-state index contributed by atoms with van der Waals surface area (Å²) in [6, 6.07) is 2.11. The van der Waals surface area contributed by atoms with Crippen molar-refractivity contribution in [2.24, 2.45) is 0 Å². The predicted octanol–water partition coefficient (Wildman–Crippen LogP) is 3.20. The number of rotatable bonds is 3. The van der Waals surface area contributed by atoms with Gasteiger partial charge in [0.2, 0.25) is 0 Å². The van der Waals surface area contributed by atoms with E-state index in [0.717, 1.165) is 12.3 Å². The highest BCUT2D eigenvalue weighted by molar-refractivity contribution is 5.90. The van der Waals surface area contributed by atoms with E-state index in [0.29, 0.717) is 5.69 Å². The van der Waals surface area contributed by atoms with Gasteiger partial charge < -0.3 is 4.74 Å². The normalized spacial score (nSPS) is 11.8. The fourth-order valence-electron chi connectivity index (χ4n) is 1.89. The highest BCUT2D eigenvalue weighted by Gasteiger charge is 2.30. The van der Waals surface area contributed by atoms with Crippen LogP contribution in [0.1, 0.15) is 41.4 Å². The van der Waals surface area contributed by atoms with Crippen molar-refractivity contribution >= 4 is 5.97 Å². The monoisotopic (exact) mass is 313 g/mol. The molecule has 0 spiro atoms. The maximum Gasteiger partial charge on any atom is 0.417 e. The molecule has 8 heteroatoms. The number of carbonyl (C=O) groups excluding carboxylic acids is 1. The molecular formula is C14H14F3N3O2. The fourth-order valence-corrected chi connectivity index (χ4v) is 1.89. The zero-order valence-electron chi connectivity index (χ0n) is 12.2. The first-order chi connectivity index (χ1) is 10.2. The zero-order chi connectivity index (χ0) is 16.5. The summed E-state index contributed by atoms with van der Waals surface area (Å²) in [6.07, 6.45) is -2.32. The Morgan fingerprint density at radius 1 is 1.32 bits per heavy atom. The van der Waals surface area contributed by atoms with Crippen molar-refractivity contribution in [3.8, 4) is 5.82 Å². The number of halogens is 3. The maximum absolute atomic E-state index is 12.5. The van der Waals surface area contributed by atoms with Gasteiger partial charge in [-0.25, -0.2) is 14.5 Å². The molecule has 2 rings (SSSR count). The standard InChI is InChI=1S/C14H14F3N3O2/c1-8(2)12-10(13(21)22-3)7-20(19-12)11-5-4-9(6-18-11)14(15,16)17/h4-8H,1-3H3. The summed E-state index contributed by atoms with van der Waals surface area (Å²) < 4.78 is 43.5. The molecule has 0 amide bonds. The third kappa shape index (κ3) is 3.10. The molecule has 0 unspecified atom stereocenters. The zero-order valence-corrected chi connectivity index (χ0v) is 12.2. The number of alkyl halides is 3. The lowest BCUT2D eigenvalue weighted by Gasteiger charge is -2.06. The van der Waals surface area contributed by atoms with E-state index < -0.39 is 17.7 Å². The van der Waals surface area contributed by atoms with Crippen molar-refractivity contribution in [3.63, 3.8) is 0 Å². The molecule has 0 aliphatic heterocycles. The smallest absolute Gasteiger partial charge is 0.417 e. The fraction of sp³-hybridized carbons (Fsp3) is 0.357. The van der Waals surface area contributed by atoms with Crippen LogP contribution in [0.2, 0.25) is 0 Å². The number of aromatic nitrogens is 3. The van der Waals surface area contributed by atoms with Crippen LogP contribution < -0.4 is 0 Å². The average molecular weight is 313 g/mol.